The molecule has 112 valence electrons. The highest BCUT2D eigenvalue weighted by Crippen LogP contribution is 2.35. The average molecular weight is 269 g/mol. The molecule has 1 heterocycles. The normalized spacial score (nSPS) is 23.2. The Hall–Kier alpha value is -0.120. The van der Waals surface area contributed by atoms with E-state index in [9.17, 15) is 0 Å². The van der Waals surface area contributed by atoms with Crippen LogP contribution in [0.25, 0.3) is 0 Å². The van der Waals surface area contributed by atoms with Crippen LogP contribution in [0.2, 0.25) is 0 Å². The zero-order valence-corrected chi connectivity index (χ0v) is 12.6. The summed E-state index contributed by atoms with van der Waals surface area (Å²) in [6.07, 6.45) is 12.8. The van der Waals surface area contributed by atoms with E-state index in [0.29, 0.717) is 6.04 Å². The minimum Gasteiger partial charge on any atom is -0.348 e. The maximum Gasteiger partial charge on any atom is 0.168 e. The van der Waals surface area contributed by atoms with E-state index in [0.717, 1.165) is 26.1 Å². The number of ether oxygens (including phenoxy) is 2. The molecule has 0 atom stereocenters. The van der Waals surface area contributed by atoms with Crippen LogP contribution in [0.1, 0.15) is 71.1 Å². The first-order valence-corrected chi connectivity index (χ1v) is 8.36. The van der Waals surface area contributed by atoms with Gasteiger partial charge in [0, 0.05) is 18.9 Å². The number of nitrogens with one attached hydrogen (secondary N) is 1. The van der Waals surface area contributed by atoms with Gasteiger partial charge in [-0.15, -0.1) is 0 Å². The molecule has 1 spiro atoms. The van der Waals surface area contributed by atoms with Crippen molar-refractivity contribution in [3.63, 3.8) is 0 Å². The summed E-state index contributed by atoms with van der Waals surface area (Å²) < 4.78 is 11.5. The lowest BCUT2D eigenvalue weighted by Gasteiger charge is -2.35. The zero-order chi connectivity index (χ0) is 13.4. The number of rotatable bonds is 8. The first-order chi connectivity index (χ1) is 9.35. The summed E-state index contributed by atoms with van der Waals surface area (Å²) in [6.45, 7) is 5.03. The van der Waals surface area contributed by atoms with Gasteiger partial charge >= 0.3 is 0 Å². The second-order valence-corrected chi connectivity index (χ2v) is 6.10. The number of unbranched alkanes of at least 4 members (excludes halogenated alkanes) is 5. The smallest absolute Gasteiger partial charge is 0.168 e. The third-order valence-corrected chi connectivity index (χ3v) is 4.52. The molecule has 3 nitrogen and oxygen atoms in total. The van der Waals surface area contributed by atoms with Crippen molar-refractivity contribution in [2.45, 2.75) is 83.0 Å². The van der Waals surface area contributed by atoms with Crippen LogP contribution in [-0.2, 0) is 9.47 Å². The minimum absolute atomic E-state index is 0.196. The Labute approximate surface area is 118 Å². The number of hydrogen-bond acceptors (Lipinski definition) is 3. The Morgan fingerprint density at radius 2 is 1.58 bits per heavy atom. The molecule has 3 heteroatoms. The van der Waals surface area contributed by atoms with E-state index >= 15 is 0 Å². The SMILES string of the molecule is CCCCCCCCNC1CCC2(CC1)OCCO2. The van der Waals surface area contributed by atoms with Gasteiger partial charge < -0.3 is 14.8 Å². The van der Waals surface area contributed by atoms with Crippen molar-refractivity contribution in [2.24, 2.45) is 0 Å². The lowest BCUT2D eigenvalue weighted by atomic mass is 9.90. The molecule has 1 saturated heterocycles. The van der Waals surface area contributed by atoms with Crippen molar-refractivity contribution in [3.05, 3.63) is 0 Å². The molecule has 0 radical (unpaired) electrons. The van der Waals surface area contributed by atoms with Crippen LogP contribution in [-0.4, -0.2) is 31.6 Å². The van der Waals surface area contributed by atoms with E-state index in [4.69, 9.17) is 9.47 Å². The maximum atomic E-state index is 5.76. The van der Waals surface area contributed by atoms with Crippen molar-refractivity contribution in [1.82, 2.24) is 5.32 Å². The Morgan fingerprint density at radius 3 is 2.26 bits per heavy atom. The topological polar surface area (TPSA) is 30.5 Å². The third kappa shape index (κ3) is 5.05. The standard InChI is InChI=1S/C16H31NO2/c1-2-3-4-5-6-7-12-17-15-8-10-16(11-9-15)18-13-14-19-16/h15,17H,2-14H2,1H3. The summed E-state index contributed by atoms with van der Waals surface area (Å²) in [6, 6.07) is 0.689. The molecule has 0 aromatic carbocycles. The third-order valence-electron chi connectivity index (χ3n) is 4.52. The lowest BCUT2D eigenvalue weighted by molar-refractivity contribution is -0.179. The van der Waals surface area contributed by atoms with E-state index < -0.39 is 0 Å². The Kier molecular flexibility index (Phi) is 6.62. The van der Waals surface area contributed by atoms with E-state index in [1.54, 1.807) is 0 Å². The van der Waals surface area contributed by atoms with Gasteiger partial charge in [-0.05, 0) is 25.8 Å². The number of hydrogen-bond donors (Lipinski definition) is 1. The van der Waals surface area contributed by atoms with Crippen molar-refractivity contribution in [1.29, 1.82) is 0 Å². The molecule has 0 bridgehead atoms. The molecule has 0 aromatic rings. The Balaban J connectivity index is 1.47. The Morgan fingerprint density at radius 1 is 0.947 bits per heavy atom. The van der Waals surface area contributed by atoms with Gasteiger partial charge in [-0.2, -0.15) is 0 Å². The molecule has 1 aliphatic carbocycles. The lowest BCUT2D eigenvalue weighted by Crippen LogP contribution is -2.42. The predicted octanol–water partition coefficient (Wildman–Crippen LogP) is 3.62. The van der Waals surface area contributed by atoms with E-state index in [1.165, 1.54) is 57.9 Å². The molecule has 2 rings (SSSR count). The summed E-state index contributed by atoms with van der Waals surface area (Å²) in [4.78, 5) is 0. The van der Waals surface area contributed by atoms with Gasteiger partial charge in [-0.25, -0.2) is 0 Å². The Bertz CT molecular complexity index is 229. The van der Waals surface area contributed by atoms with Crippen molar-refractivity contribution >= 4 is 0 Å². The molecular weight excluding hydrogens is 238 g/mol. The van der Waals surface area contributed by atoms with Gasteiger partial charge in [-0.3, -0.25) is 0 Å². The maximum absolute atomic E-state index is 5.76. The van der Waals surface area contributed by atoms with Crippen molar-refractivity contribution in [2.75, 3.05) is 19.8 Å². The quantitative estimate of drug-likeness (QED) is 0.683. The van der Waals surface area contributed by atoms with Crippen molar-refractivity contribution < 1.29 is 9.47 Å². The summed E-state index contributed by atoms with van der Waals surface area (Å²) >= 11 is 0. The highest BCUT2D eigenvalue weighted by atomic mass is 16.7. The molecule has 0 aromatic heterocycles. The fourth-order valence-electron chi connectivity index (χ4n) is 3.26. The summed E-state index contributed by atoms with van der Waals surface area (Å²) in [5.74, 6) is -0.196. The fourth-order valence-corrected chi connectivity index (χ4v) is 3.26. The molecule has 19 heavy (non-hydrogen) atoms. The highest BCUT2D eigenvalue weighted by molar-refractivity contribution is 4.85. The van der Waals surface area contributed by atoms with Crippen LogP contribution >= 0.6 is 0 Å². The van der Waals surface area contributed by atoms with E-state index in [2.05, 4.69) is 12.2 Å². The first kappa shape index (κ1) is 15.3. The van der Waals surface area contributed by atoms with Gasteiger partial charge in [0.25, 0.3) is 0 Å². The summed E-state index contributed by atoms with van der Waals surface area (Å²) in [5.41, 5.74) is 0. The monoisotopic (exact) mass is 269 g/mol. The molecule has 0 amide bonds. The van der Waals surface area contributed by atoms with E-state index in [1.807, 2.05) is 0 Å². The highest BCUT2D eigenvalue weighted by Gasteiger charge is 2.39. The largest absolute Gasteiger partial charge is 0.348 e. The van der Waals surface area contributed by atoms with Gasteiger partial charge in [-0.1, -0.05) is 39.0 Å². The van der Waals surface area contributed by atoms with Gasteiger partial charge in [0.15, 0.2) is 5.79 Å². The molecule has 1 aliphatic heterocycles. The van der Waals surface area contributed by atoms with Gasteiger partial charge in [0.1, 0.15) is 0 Å². The van der Waals surface area contributed by atoms with Crippen LogP contribution in [0, 0.1) is 0 Å². The van der Waals surface area contributed by atoms with Crippen LogP contribution in [0.15, 0.2) is 0 Å². The van der Waals surface area contributed by atoms with E-state index in [-0.39, 0.29) is 5.79 Å². The average Bonchev–Trinajstić information content (AvgIpc) is 2.89. The molecule has 0 unspecified atom stereocenters. The zero-order valence-electron chi connectivity index (χ0n) is 12.6. The first-order valence-electron chi connectivity index (χ1n) is 8.36. The summed E-state index contributed by atoms with van der Waals surface area (Å²) in [5, 5.41) is 3.71. The van der Waals surface area contributed by atoms with Gasteiger partial charge in [0.2, 0.25) is 0 Å². The van der Waals surface area contributed by atoms with Crippen LogP contribution in [0.4, 0.5) is 0 Å². The van der Waals surface area contributed by atoms with Crippen LogP contribution in [0.3, 0.4) is 0 Å². The second-order valence-electron chi connectivity index (χ2n) is 6.10. The molecular formula is C16H31NO2. The minimum atomic E-state index is -0.196. The second kappa shape index (κ2) is 8.23. The fraction of sp³-hybridized carbons (Fsp3) is 1.00. The predicted molar refractivity (Wildman–Crippen MR) is 78.3 cm³/mol. The van der Waals surface area contributed by atoms with Crippen LogP contribution < -0.4 is 5.32 Å². The molecule has 2 aliphatic rings. The van der Waals surface area contributed by atoms with Crippen LogP contribution in [0.5, 0.6) is 0 Å². The van der Waals surface area contributed by atoms with Gasteiger partial charge in [0.05, 0.1) is 13.2 Å². The molecule has 2 fully saturated rings. The van der Waals surface area contributed by atoms with Crippen molar-refractivity contribution in [3.8, 4) is 0 Å². The molecule has 1 N–H and O–H groups in total. The summed E-state index contributed by atoms with van der Waals surface area (Å²) in [7, 11) is 0. The molecule has 1 saturated carbocycles.